The molecule has 0 atom stereocenters. The van der Waals surface area contributed by atoms with Crippen molar-refractivity contribution < 1.29 is 27.8 Å². The number of hydrogen-bond acceptors (Lipinski definition) is 3. The first-order valence-corrected chi connectivity index (χ1v) is 4.33. The van der Waals surface area contributed by atoms with Gasteiger partial charge in [0.1, 0.15) is 6.07 Å². The van der Waals surface area contributed by atoms with E-state index in [4.69, 9.17) is 10.4 Å². The molecule has 17 heavy (non-hydrogen) atoms. The molecule has 0 aliphatic rings. The maximum Gasteiger partial charge on any atom is 0.573 e. The molecule has 0 aromatic heterocycles. The normalized spacial score (nSPS) is 10.7. The van der Waals surface area contributed by atoms with Crippen LogP contribution in [0.3, 0.4) is 0 Å². The summed E-state index contributed by atoms with van der Waals surface area (Å²) in [6.45, 7) is 0. The van der Waals surface area contributed by atoms with Gasteiger partial charge in [-0.25, -0.2) is 0 Å². The Kier molecular flexibility index (Phi) is 3.58. The van der Waals surface area contributed by atoms with Crippen molar-refractivity contribution in [2.45, 2.75) is 12.8 Å². The van der Waals surface area contributed by atoms with Crippen molar-refractivity contribution in [1.82, 2.24) is 0 Å². The van der Waals surface area contributed by atoms with E-state index < -0.39 is 24.5 Å². The van der Waals surface area contributed by atoms with E-state index in [-0.39, 0.29) is 11.1 Å². The summed E-state index contributed by atoms with van der Waals surface area (Å²) < 4.78 is 40.0. The molecule has 4 nitrogen and oxygen atoms in total. The van der Waals surface area contributed by atoms with Crippen molar-refractivity contribution in [3.63, 3.8) is 0 Å². The fourth-order valence-electron chi connectivity index (χ4n) is 1.21. The van der Waals surface area contributed by atoms with Crippen LogP contribution < -0.4 is 4.74 Å². The average Bonchev–Trinajstić information content (AvgIpc) is 2.17. The van der Waals surface area contributed by atoms with Crippen LogP contribution >= 0.6 is 0 Å². The fourth-order valence-corrected chi connectivity index (χ4v) is 1.21. The molecule has 1 aromatic rings. The molecular weight excluding hydrogens is 239 g/mol. The number of ether oxygens (including phenoxy) is 1. The zero-order valence-corrected chi connectivity index (χ0v) is 8.28. The average molecular weight is 245 g/mol. The standard InChI is InChI=1S/C10H6F3NO3/c11-10(12,13)17-9-6(4-8(15)16)2-1-3-7(9)5-14/h1-3H,4H2,(H,15,16). The van der Waals surface area contributed by atoms with Crippen LogP contribution in [0.5, 0.6) is 5.75 Å². The Morgan fingerprint density at radius 1 is 1.47 bits per heavy atom. The van der Waals surface area contributed by atoms with Gasteiger partial charge in [0, 0.05) is 5.56 Å². The first-order valence-electron chi connectivity index (χ1n) is 4.33. The number of alkyl halides is 3. The van der Waals surface area contributed by atoms with E-state index in [0.29, 0.717) is 0 Å². The highest BCUT2D eigenvalue weighted by Gasteiger charge is 2.33. The maximum atomic E-state index is 12.1. The number of aliphatic carboxylic acids is 1. The lowest BCUT2D eigenvalue weighted by Gasteiger charge is -2.13. The van der Waals surface area contributed by atoms with Gasteiger partial charge >= 0.3 is 12.3 Å². The summed E-state index contributed by atoms with van der Waals surface area (Å²) in [7, 11) is 0. The molecule has 1 aromatic carbocycles. The van der Waals surface area contributed by atoms with Crippen LogP contribution in [0.4, 0.5) is 13.2 Å². The van der Waals surface area contributed by atoms with Crippen LogP contribution in [0.1, 0.15) is 11.1 Å². The number of nitrogens with zero attached hydrogens (tertiary/aromatic N) is 1. The Morgan fingerprint density at radius 3 is 2.59 bits per heavy atom. The second-order valence-electron chi connectivity index (χ2n) is 3.02. The van der Waals surface area contributed by atoms with Gasteiger partial charge in [-0.15, -0.1) is 13.2 Å². The summed E-state index contributed by atoms with van der Waals surface area (Å²) in [6, 6.07) is 5.09. The summed E-state index contributed by atoms with van der Waals surface area (Å²) in [6.07, 6.45) is -5.62. The monoisotopic (exact) mass is 245 g/mol. The molecule has 0 amide bonds. The van der Waals surface area contributed by atoms with Crippen molar-refractivity contribution in [1.29, 1.82) is 5.26 Å². The van der Waals surface area contributed by atoms with Gasteiger partial charge in [-0.1, -0.05) is 12.1 Å². The molecule has 0 aliphatic heterocycles. The fraction of sp³-hybridized carbons (Fsp3) is 0.200. The molecular formula is C10H6F3NO3. The first kappa shape index (κ1) is 12.8. The van der Waals surface area contributed by atoms with Crippen molar-refractivity contribution in [2.24, 2.45) is 0 Å². The Morgan fingerprint density at radius 2 is 2.12 bits per heavy atom. The molecule has 0 spiro atoms. The lowest BCUT2D eigenvalue weighted by molar-refractivity contribution is -0.275. The molecule has 0 saturated carbocycles. The lowest BCUT2D eigenvalue weighted by Crippen LogP contribution is -2.19. The first-order chi connectivity index (χ1) is 7.83. The van der Waals surface area contributed by atoms with Crippen LogP contribution in [0.2, 0.25) is 0 Å². The van der Waals surface area contributed by atoms with Gasteiger partial charge in [-0.05, 0) is 6.07 Å². The largest absolute Gasteiger partial charge is 0.573 e. The lowest BCUT2D eigenvalue weighted by atomic mass is 10.1. The van der Waals surface area contributed by atoms with E-state index in [2.05, 4.69) is 4.74 Å². The van der Waals surface area contributed by atoms with Crippen molar-refractivity contribution >= 4 is 5.97 Å². The van der Waals surface area contributed by atoms with Crippen molar-refractivity contribution in [3.8, 4) is 11.8 Å². The molecule has 0 bridgehead atoms. The molecule has 0 saturated heterocycles. The maximum absolute atomic E-state index is 12.1. The van der Waals surface area contributed by atoms with E-state index in [1.807, 2.05) is 0 Å². The molecule has 0 unspecified atom stereocenters. The van der Waals surface area contributed by atoms with E-state index in [1.54, 1.807) is 0 Å². The Balaban J connectivity index is 3.21. The number of benzene rings is 1. The van der Waals surface area contributed by atoms with Crippen molar-refractivity contribution in [3.05, 3.63) is 29.3 Å². The Labute approximate surface area is 93.8 Å². The van der Waals surface area contributed by atoms with Crippen LogP contribution in [0.25, 0.3) is 0 Å². The van der Waals surface area contributed by atoms with Crippen LogP contribution in [0, 0.1) is 11.3 Å². The molecule has 0 heterocycles. The number of rotatable bonds is 3. The number of hydrogen-bond donors (Lipinski definition) is 1. The molecule has 7 heteroatoms. The minimum atomic E-state index is -4.97. The summed E-state index contributed by atoms with van der Waals surface area (Å²) >= 11 is 0. The zero-order chi connectivity index (χ0) is 13.1. The predicted octanol–water partition coefficient (Wildman–Crippen LogP) is 2.08. The molecule has 0 radical (unpaired) electrons. The highest BCUT2D eigenvalue weighted by Crippen LogP contribution is 2.30. The number of nitriles is 1. The second-order valence-corrected chi connectivity index (χ2v) is 3.02. The molecule has 0 aliphatic carbocycles. The number of carboxylic acid groups (broad SMARTS) is 1. The minimum absolute atomic E-state index is 0.200. The summed E-state index contributed by atoms with van der Waals surface area (Å²) in [5.74, 6) is -2.07. The SMILES string of the molecule is N#Cc1cccc(CC(=O)O)c1OC(F)(F)F. The smallest absolute Gasteiger partial charge is 0.481 e. The highest BCUT2D eigenvalue weighted by molar-refractivity contribution is 5.72. The van der Waals surface area contributed by atoms with Gasteiger partial charge in [0.05, 0.1) is 12.0 Å². The molecule has 1 rings (SSSR count). The van der Waals surface area contributed by atoms with E-state index in [9.17, 15) is 18.0 Å². The van der Waals surface area contributed by atoms with E-state index in [0.717, 1.165) is 12.1 Å². The number of para-hydroxylation sites is 1. The van der Waals surface area contributed by atoms with Gasteiger partial charge in [-0.2, -0.15) is 5.26 Å². The minimum Gasteiger partial charge on any atom is -0.481 e. The van der Waals surface area contributed by atoms with Gasteiger partial charge in [0.15, 0.2) is 5.75 Å². The third-order valence-corrected chi connectivity index (χ3v) is 1.78. The number of halogens is 3. The van der Waals surface area contributed by atoms with Crippen LogP contribution in [-0.2, 0) is 11.2 Å². The Bertz CT molecular complexity index is 477. The predicted molar refractivity (Wildman–Crippen MR) is 49.2 cm³/mol. The van der Waals surface area contributed by atoms with Crippen LogP contribution in [0.15, 0.2) is 18.2 Å². The van der Waals surface area contributed by atoms with E-state index in [1.165, 1.54) is 12.1 Å². The summed E-state index contributed by atoms with van der Waals surface area (Å²) in [5, 5.41) is 17.2. The second kappa shape index (κ2) is 4.74. The Hall–Kier alpha value is -2.23. The van der Waals surface area contributed by atoms with E-state index >= 15 is 0 Å². The molecule has 90 valence electrons. The zero-order valence-electron chi connectivity index (χ0n) is 8.28. The van der Waals surface area contributed by atoms with Gasteiger partial charge < -0.3 is 9.84 Å². The third-order valence-electron chi connectivity index (χ3n) is 1.78. The molecule has 1 N–H and O–H groups in total. The highest BCUT2D eigenvalue weighted by atomic mass is 19.4. The third kappa shape index (κ3) is 3.68. The summed E-state index contributed by atoms with van der Waals surface area (Å²) in [4.78, 5) is 10.5. The van der Waals surface area contributed by atoms with Gasteiger partial charge in [0.25, 0.3) is 0 Å². The number of carboxylic acids is 1. The van der Waals surface area contributed by atoms with Crippen LogP contribution in [-0.4, -0.2) is 17.4 Å². The van der Waals surface area contributed by atoms with Crippen molar-refractivity contribution in [2.75, 3.05) is 0 Å². The van der Waals surface area contributed by atoms with Gasteiger partial charge in [0.2, 0.25) is 0 Å². The quantitative estimate of drug-likeness (QED) is 0.885. The van der Waals surface area contributed by atoms with Gasteiger partial charge in [-0.3, -0.25) is 4.79 Å². The summed E-state index contributed by atoms with van der Waals surface area (Å²) in [5.41, 5.74) is -0.560. The molecule has 0 fully saturated rings. The number of carbonyl (C=O) groups is 1. The topological polar surface area (TPSA) is 70.3 Å².